The fourth-order valence-corrected chi connectivity index (χ4v) is 2.48. The van der Waals surface area contributed by atoms with E-state index in [0.717, 1.165) is 28.8 Å². The number of halogens is 2. The van der Waals surface area contributed by atoms with E-state index < -0.39 is 0 Å². The van der Waals surface area contributed by atoms with Gasteiger partial charge in [-0.25, -0.2) is 9.37 Å². The maximum atomic E-state index is 13.2. The fraction of sp³-hybridized carbons (Fsp3) is 0.222. The Hall–Kier alpha value is -2.16. The summed E-state index contributed by atoms with van der Waals surface area (Å²) in [5.74, 6) is 1.38. The van der Waals surface area contributed by atoms with Crippen molar-refractivity contribution in [3.8, 4) is 0 Å². The van der Waals surface area contributed by atoms with E-state index in [9.17, 15) is 4.39 Å². The predicted molar refractivity (Wildman–Crippen MR) is 110 cm³/mol. The highest BCUT2D eigenvalue weighted by Gasteiger charge is 2.03. The number of hydrogen-bond acceptors (Lipinski definition) is 2. The van der Waals surface area contributed by atoms with Gasteiger partial charge in [-0.05, 0) is 29.8 Å². The van der Waals surface area contributed by atoms with Gasteiger partial charge in [0, 0.05) is 26.6 Å². The molecule has 3 aromatic rings. The highest BCUT2D eigenvalue weighted by Crippen LogP contribution is 2.10. The molecule has 0 saturated heterocycles. The normalized spacial score (nSPS) is 11.2. The second-order valence-corrected chi connectivity index (χ2v) is 5.43. The SMILES string of the molecule is CN=C(NCCc1nc2ccccc2[nH]1)NCc1cccc(F)c1.I. The first kappa shape index (κ1) is 19.2. The van der Waals surface area contributed by atoms with Gasteiger partial charge in [0.05, 0.1) is 11.0 Å². The zero-order valence-corrected chi connectivity index (χ0v) is 16.3. The molecule has 0 radical (unpaired) electrons. The van der Waals surface area contributed by atoms with Crippen LogP contribution in [0.1, 0.15) is 11.4 Å². The largest absolute Gasteiger partial charge is 0.356 e. The van der Waals surface area contributed by atoms with Crippen molar-refractivity contribution in [3.05, 3.63) is 65.7 Å². The zero-order chi connectivity index (χ0) is 16.8. The predicted octanol–water partition coefficient (Wildman–Crippen LogP) is 3.23. The Morgan fingerprint density at radius 2 is 2.00 bits per heavy atom. The van der Waals surface area contributed by atoms with E-state index in [1.165, 1.54) is 12.1 Å². The Balaban J connectivity index is 0.00000225. The van der Waals surface area contributed by atoms with Crippen LogP contribution in [0, 0.1) is 5.82 Å². The van der Waals surface area contributed by atoms with Gasteiger partial charge in [0.1, 0.15) is 11.6 Å². The number of guanidine groups is 1. The third kappa shape index (κ3) is 5.42. The summed E-state index contributed by atoms with van der Waals surface area (Å²) in [4.78, 5) is 12.0. The van der Waals surface area contributed by atoms with Crippen molar-refractivity contribution in [2.45, 2.75) is 13.0 Å². The van der Waals surface area contributed by atoms with Crippen molar-refractivity contribution < 1.29 is 4.39 Å². The van der Waals surface area contributed by atoms with Crippen LogP contribution in [-0.2, 0) is 13.0 Å². The molecule has 3 rings (SSSR count). The lowest BCUT2D eigenvalue weighted by atomic mass is 10.2. The van der Waals surface area contributed by atoms with E-state index >= 15 is 0 Å². The molecule has 2 aromatic carbocycles. The number of H-pyrrole nitrogens is 1. The Morgan fingerprint density at radius 1 is 1.16 bits per heavy atom. The van der Waals surface area contributed by atoms with E-state index in [1.54, 1.807) is 13.1 Å². The second kappa shape index (κ2) is 9.36. The van der Waals surface area contributed by atoms with Crippen LogP contribution in [0.25, 0.3) is 11.0 Å². The number of benzene rings is 2. The topological polar surface area (TPSA) is 65.1 Å². The van der Waals surface area contributed by atoms with Gasteiger partial charge in [-0.15, -0.1) is 24.0 Å². The third-order valence-corrected chi connectivity index (χ3v) is 3.67. The van der Waals surface area contributed by atoms with Crippen molar-refractivity contribution in [1.82, 2.24) is 20.6 Å². The van der Waals surface area contributed by atoms with E-state index in [0.29, 0.717) is 19.0 Å². The number of rotatable bonds is 5. The van der Waals surface area contributed by atoms with Gasteiger partial charge in [0.15, 0.2) is 5.96 Å². The second-order valence-electron chi connectivity index (χ2n) is 5.43. The number of hydrogen-bond donors (Lipinski definition) is 3. The molecule has 0 aliphatic carbocycles. The smallest absolute Gasteiger partial charge is 0.191 e. The number of nitrogens with zero attached hydrogens (tertiary/aromatic N) is 2. The van der Waals surface area contributed by atoms with Crippen LogP contribution >= 0.6 is 24.0 Å². The molecular formula is C18H21FIN5. The number of imidazole rings is 1. The number of aliphatic imine (C=N–C) groups is 1. The molecule has 7 heteroatoms. The maximum absolute atomic E-state index is 13.2. The van der Waals surface area contributed by atoms with Gasteiger partial charge >= 0.3 is 0 Å². The van der Waals surface area contributed by atoms with Crippen molar-refractivity contribution in [2.75, 3.05) is 13.6 Å². The first-order valence-electron chi connectivity index (χ1n) is 7.87. The summed E-state index contributed by atoms with van der Waals surface area (Å²) < 4.78 is 13.2. The first-order chi connectivity index (χ1) is 11.7. The minimum absolute atomic E-state index is 0. The van der Waals surface area contributed by atoms with Gasteiger partial charge < -0.3 is 15.6 Å². The van der Waals surface area contributed by atoms with Gasteiger partial charge in [-0.3, -0.25) is 4.99 Å². The molecule has 5 nitrogen and oxygen atoms in total. The molecule has 0 spiro atoms. The van der Waals surface area contributed by atoms with E-state index in [4.69, 9.17) is 0 Å². The summed E-state index contributed by atoms with van der Waals surface area (Å²) in [5.41, 5.74) is 2.89. The van der Waals surface area contributed by atoms with Gasteiger partial charge in [-0.2, -0.15) is 0 Å². The molecule has 0 aliphatic rings. The minimum atomic E-state index is -0.234. The molecule has 3 N–H and O–H groups in total. The quantitative estimate of drug-likeness (QED) is 0.316. The number of para-hydroxylation sites is 2. The van der Waals surface area contributed by atoms with Crippen LogP contribution in [0.15, 0.2) is 53.5 Å². The van der Waals surface area contributed by atoms with E-state index in [-0.39, 0.29) is 29.8 Å². The summed E-state index contributed by atoms with van der Waals surface area (Å²) in [6, 6.07) is 14.5. The minimum Gasteiger partial charge on any atom is -0.356 e. The van der Waals surface area contributed by atoms with Crippen molar-refractivity contribution in [1.29, 1.82) is 0 Å². The maximum Gasteiger partial charge on any atom is 0.191 e. The van der Waals surface area contributed by atoms with Crippen LogP contribution in [0.2, 0.25) is 0 Å². The number of nitrogens with one attached hydrogen (secondary N) is 3. The Morgan fingerprint density at radius 3 is 2.76 bits per heavy atom. The lowest BCUT2D eigenvalue weighted by Crippen LogP contribution is -2.37. The summed E-state index contributed by atoms with van der Waals surface area (Å²) in [5, 5.41) is 6.40. The molecular weight excluding hydrogens is 432 g/mol. The highest BCUT2D eigenvalue weighted by atomic mass is 127. The molecule has 0 fully saturated rings. The van der Waals surface area contributed by atoms with Crippen LogP contribution < -0.4 is 10.6 Å². The van der Waals surface area contributed by atoms with Crippen molar-refractivity contribution in [3.63, 3.8) is 0 Å². The van der Waals surface area contributed by atoms with Crippen LogP contribution in [0.5, 0.6) is 0 Å². The number of aromatic nitrogens is 2. The molecule has 132 valence electrons. The fourth-order valence-electron chi connectivity index (χ4n) is 2.48. The molecule has 0 aliphatic heterocycles. The molecule has 0 saturated carbocycles. The summed E-state index contributed by atoms with van der Waals surface area (Å²) >= 11 is 0. The van der Waals surface area contributed by atoms with Gasteiger partial charge in [0.25, 0.3) is 0 Å². The van der Waals surface area contributed by atoms with Crippen molar-refractivity contribution >= 4 is 41.0 Å². The molecule has 1 aromatic heterocycles. The van der Waals surface area contributed by atoms with Crippen LogP contribution in [0.3, 0.4) is 0 Å². The molecule has 1 heterocycles. The van der Waals surface area contributed by atoms with Crippen LogP contribution in [0.4, 0.5) is 4.39 Å². The molecule has 25 heavy (non-hydrogen) atoms. The zero-order valence-electron chi connectivity index (χ0n) is 13.9. The molecule has 0 bridgehead atoms. The summed E-state index contributed by atoms with van der Waals surface area (Å²) in [7, 11) is 1.71. The molecule has 0 unspecified atom stereocenters. The molecule has 0 atom stereocenters. The van der Waals surface area contributed by atoms with Gasteiger partial charge in [-0.1, -0.05) is 24.3 Å². The first-order valence-corrected chi connectivity index (χ1v) is 7.87. The monoisotopic (exact) mass is 453 g/mol. The van der Waals surface area contributed by atoms with E-state index in [2.05, 4.69) is 25.6 Å². The lowest BCUT2D eigenvalue weighted by Gasteiger charge is -2.11. The summed E-state index contributed by atoms with van der Waals surface area (Å²) in [6.07, 6.45) is 0.759. The molecule has 0 amide bonds. The highest BCUT2D eigenvalue weighted by molar-refractivity contribution is 14.0. The third-order valence-electron chi connectivity index (χ3n) is 3.67. The number of aromatic amines is 1. The number of fused-ring (bicyclic) bond motifs is 1. The van der Waals surface area contributed by atoms with Gasteiger partial charge in [0.2, 0.25) is 0 Å². The standard InChI is InChI=1S/C18H20FN5.HI/c1-20-18(22-12-13-5-4-6-14(19)11-13)21-10-9-17-23-15-7-2-3-8-16(15)24-17;/h2-8,11H,9-10,12H2,1H3,(H,23,24)(H2,20,21,22);1H. The Labute approximate surface area is 163 Å². The Bertz CT molecular complexity index is 813. The average molecular weight is 453 g/mol. The lowest BCUT2D eigenvalue weighted by molar-refractivity contribution is 0.624. The average Bonchev–Trinajstić information content (AvgIpc) is 3.00. The van der Waals surface area contributed by atoms with Crippen molar-refractivity contribution in [2.24, 2.45) is 4.99 Å². The Kier molecular flexibility index (Phi) is 7.17. The van der Waals surface area contributed by atoms with Crippen LogP contribution in [-0.4, -0.2) is 29.5 Å². The van der Waals surface area contributed by atoms with E-state index in [1.807, 2.05) is 30.3 Å². The summed E-state index contributed by atoms with van der Waals surface area (Å²) in [6.45, 7) is 1.21.